The summed E-state index contributed by atoms with van der Waals surface area (Å²) in [6, 6.07) is 12.7. The van der Waals surface area contributed by atoms with Crippen LogP contribution in [0.4, 0.5) is 24.5 Å². The molecule has 1 aliphatic rings. The average molecular weight is 581 g/mol. The van der Waals surface area contributed by atoms with E-state index in [9.17, 15) is 13.2 Å². The van der Waals surface area contributed by atoms with Crippen LogP contribution in [0.2, 0.25) is 0 Å². The zero-order valence-electron chi connectivity index (χ0n) is 22.7. The van der Waals surface area contributed by atoms with E-state index in [0.29, 0.717) is 76.6 Å². The molecular weight excluding hydrogens is 545 g/mol. The standard InChI is InChI=1S/C28H35F3N4O4S/c1-27(2)20-34(23-5-4-21(19-33)25(18-23)28(29,30)31)26(40)35(27)22-6-8-24(9-7-22)39-12-3-11-36-14-16-38-17-15-37-13-10-32/h4-9,18H,3,10-17,20,32H2,1-2H3. The van der Waals surface area contributed by atoms with Gasteiger partial charge in [-0.25, -0.2) is 0 Å². The summed E-state index contributed by atoms with van der Waals surface area (Å²) in [6.45, 7) is 8.38. The number of benzene rings is 2. The molecule has 2 aromatic carbocycles. The summed E-state index contributed by atoms with van der Waals surface area (Å²) in [5.41, 5.74) is 4.53. The third kappa shape index (κ3) is 8.52. The Morgan fingerprint density at radius 1 is 0.925 bits per heavy atom. The highest BCUT2D eigenvalue weighted by Crippen LogP contribution is 2.39. The van der Waals surface area contributed by atoms with Gasteiger partial charge in [0.2, 0.25) is 0 Å². The molecule has 2 aromatic rings. The largest absolute Gasteiger partial charge is 0.494 e. The van der Waals surface area contributed by atoms with Gasteiger partial charge in [0.05, 0.1) is 62.4 Å². The van der Waals surface area contributed by atoms with Crippen LogP contribution in [0.5, 0.6) is 5.75 Å². The minimum atomic E-state index is -4.64. The van der Waals surface area contributed by atoms with Crippen molar-refractivity contribution in [2.24, 2.45) is 5.73 Å². The number of halogens is 3. The third-order valence-electron chi connectivity index (χ3n) is 6.12. The molecule has 40 heavy (non-hydrogen) atoms. The van der Waals surface area contributed by atoms with Gasteiger partial charge >= 0.3 is 6.18 Å². The number of ether oxygens (including phenoxy) is 4. The van der Waals surface area contributed by atoms with Crippen LogP contribution in [0.15, 0.2) is 42.5 Å². The van der Waals surface area contributed by atoms with Gasteiger partial charge in [0.15, 0.2) is 5.11 Å². The van der Waals surface area contributed by atoms with Crippen molar-refractivity contribution in [2.75, 3.05) is 69.1 Å². The molecule has 0 aliphatic carbocycles. The Labute approximate surface area is 238 Å². The van der Waals surface area contributed by atoms with Gasteiger partial charge in [0.1, 0.15) is 5.75 Å². The van der Waals surface area contributed by atoms with Crippen molar-refractivity contribution >= 4 is 28.7 Å². The van der Waals surface area contributed by atoms with Gasteiger partial charge in [-0.3, -0.25) is 0 Å². The van der Waals surface area contributed by atoms with Crippen LogP contribution in [0.25, 0.3) is 0 Å². The predicted octanol–water partition coefficient (Wildman–Crippen LogP) is 4.74. The molecule has 0 unspecified atom stereocenters. The van der Waals surface area contributed by atoms with Crippen molar-refractivity contribution in [1.29, 1.82) is 5.26 Å². The normalized spacial score (nSPS) is 15.0. The molecule has 1 heterocycles. The van der Waals surface area contributed by atoms with E-state index in [4.69, 9.17) is 42.2 Å². The van der Waals surface area contributed by atoms with Crippen LogP contribution >= 0.6 is 12.2 Å². The van der Waals surface area contributed by atoms with Gasteiger partial charge in [0, 0.05) is 37.5 Å². The smallest absolute Gasteiger partial charge is 0.417 e. The third-order valence-corrected chi connectivity index (χ3v) is 6.52. The topological polar surface area (TPSA) is 93.2 Å². The van der Waals surface area contributed by atoms with Gasteiger partial charge in [-0.2, -0.15) is 18.4 Å². The Morgan fingerprint density at radius 2 is 1.52 bits per heavy atom. The summed E-state index contributed by atoms with van der Waals surface area (Å²) in [5.74, 6) is 0.686. The second kappa shape index (κ2) is 14.6. The molecule has 1 saturated heterocycles. The Kier molecular flexibility index (Phi) is 11.5. The highest BCUT2D eigenvalue weighted by Gasteiger charge is 2.43. The van der Waals surface area contributed by atoms with Gasteiger partial charge < -0.3 is 34.5 Å². The van der Waals surface area contributed by atoms with E-state index in [1.165, 1.54) is 12.1 Å². The number of alkyl halides is 3. The summed E-state index contributed by atoms with van der Waals surface area (Å²) in [5, 5.41) is 9.49. The lowest BCUT2D eigenvalue weighted by Crippen LogP contribution is -2.42. The first-order valence-electron chi connectivity index (χ1n) is 13.0. The lowest BCUT2D eigenvalue weighted by molar-refractivity contribution is -0.137. The van der Waals surface area contributed by atoms with Crippen molar-refractivity contribution in [2.45, 2.75) is 32.0 Å². The Morgan fingerprint density at radius 3 is 2.12 bits per heavy atom. The number of anilines is 2. The quantitative estimate of drug-likeness (QED) is 0.237. The lowest BCUT2D eigenvalue weighted by Gasteiger charge is -2.31. The van der Waals surface area contributed by atoms with Gasteiger partial charge in [-0.1, -0.05) is 0 Å². The van der Waals surface area contributed by atoms with E-state index in [0.717, 1.165) is 11.8 Å². The number of rotatable bonds is 15. The summed E-state index contributed by atoms with van der Waals surface area (Å²) >= 11 is 5.71. The number of nitrogens with two attached hydrogens (primary N) is 1. The average Bonchev–Trinajstić information content (AvgIpc) is 3.17. The predicted molar refractivity (Wildman–Crippen MR) is 151 cm³/mol. The fraction of sp³-hybridized carbons (Fsp3) is 0.500. The number of hydrogen-bond donors (Lipinski definition) is 1. The molecule has 1 aliphatic heterocycles. The number of thiocarbonyl (C=S) groups is 1. The van der Waals surface area contributed by atoms with Crippen LogP contribution in [0, 0.1) is 11.3 Å². The van der Waals surface area contributed by atoms with Crippen molar-refractivity contribution < 1.29 is 32.1 Å². The molecule has 12 heteroatoms. The molecule has 218 valence electrons. The second-order valence-electron chi connectivity index (χ2n) is 9.68. The maximum Gasteiger partial charge on any atom is 0.417 e. The molecule has 3 rings (SSSR count). The maximum absolute atomic E-state index is 13.5. The minimum absolute atomic E-state index is 0.289. The van der Waals surface area contributed by atoms with E-state index in [1.54, 1.807) is 11.0 Å². The Hall–Kier alpha value is -2.95. The van der Waals surface area contributed by atoms with Crippen molar-refractivity contribution in [3.63, 3.8) is 0 Å². The first kappa shape index (κ1) is 31.6. The van der Waals surface area contributed by atoms with Crippen molar-refractivity contribution in [3.05, 3.63) is 53.6 Å². The van der Waals surface area contributed by atoms with Crippen molar-refractivity contribution in [1.82, 2.24) is 0 Å². The van der Waals surface area contributed by atoms with Crippen LogP contribution in [-0.4, -0.2) is 70.0 Å². The van der Waals surface area contributed by atoms with Gasteiger partial charge in [-0.15, -0.1) is 0 Å². The zero-order valence-corrected chi connectivity index (χ0v) is 23.5. The Bertz CT molecular complexity index is 1160. The number of hydrogen-bond acceptors (Lipinski definition) is 7. The molecule has 0 aromatic heterocycles. The minimum Gasteiger partial charge on any atom is -0.494 e. The van der Waals surface area contributed by atoms with E-state index < -0.39 is 22.8 Å². The molecule has 0 bridgehead atoms. The Balaban J connectivity index is 1.50. The summed E-state index contributed by atoms with van der Waals surface area (Å²) in [6.07, 6.45) is -3.93. The number of nitriles is 1. The molecular formula is C28H35F3N4O4S. The highest BCUT2D eigenvalue weighted by molar-refractivity contribution is 7.80. The first-order chi connectivity index (χ1) is 19.1. The maximum atomic E-state index is 13.5. The molecule has 0 saturated carbocycles. The van der Waals surface area contributed by atoms with E-state index in [-0.39, 0.29) is 5.69 Å². The van der Waals surface area contributed by atoms with Gasteiger partial charge in [-0.05, 0) is 68.5 Å². The molecule has 0 atom stereocenters. The van der Waals surface area contributed by atoms with E-state index >= 15 is 0 Å². The van der Waals surface area contributed by atoms with E-state index in [2.05, 4.69) is 0 Å². The van der Waals surface area contributed by atoms with Crippen LogP contribution < -0.4 is 20.3 Å². The van der Waals surface area contributed by atoms with E-state index in [1.807, 2.05) is 43.0 Å². The van der Waals surface area contributed by atoms with Crippen molar-refractivity contribution in [3.8, 4) is 11.8 Å². The molecule has 2 N–H and O–H groups in total. The van der Waals surface area contributed by atoms with Crippen LogP contribution in [0.1, 0.15) is 31.4 Å². The summed E-state index contributed by atoms with van der Waals surface area (Å²) in [7, 11) is 0. The molecule has 0 amide bonds. The molecule has 8 nitrogen and oxygen atoms in total. The SMILES string of the molecule is CC1(C)CN(c2ccc(C#N)c(C(F)(F)F)c2)C(=S)N1c1ccc(OCCCOCCOCCOCCN)cc1. The van der Waals surface area contributed by atoms with Gasteiger partial charge in [0.25, 0.3) is 0 Å². The molecule has 1 fully saturated rings. The monoisotopic (exact) mass is 580 g/mol. The summed E-state index contributed by atoms with van der Waals surface area (Å²) in [4.78, 5) is 3.58. The molecule has 0 spiro atoms. The fourth-order valence-electron chi connectivity index (χ4n) is 4.27. The second-order valence-corrected chi connectivity index (χ2v) is 10.0. The highest BCUT2D eigenvalue weighted by atomic mass is 32.1. The zero-order chi connectivity index (χ0) is 29.2. The fourth-order valence-corrected chi connectivity index (χ4v) is 4.79. The lowest BCUT2D eigenvalue weighted by atomic mass is 10.0. The summed E-state index contributed by atoms with van der Waals surface area (Å²) < 4.78 is 62.5. The molecule has 0 radical (unpaired) electrons. The first-order valence-corrected chi connectivity index (χ1v) is 13.4. The van der Waals surface area contributed by atoms with Crippen LogP contribution in [0.3, 0.4) is 0 Å². The number of nitrogens with zero attached hydrogens (tertiary/aromatic N) is 3. The van der Waals surface area contributed by atoms with Crippen LogP contribution in [-0.2, 0) is 20.4 Å².